The van der Waals surface area contributed by atoms with Crippen LogP contribution >= 0.6 is 11.3 Å². The largest absolute Gasteiger partial charge is 0.486 e. The fourth-order valence-corrected chi connectivity index (χ4v) is 3.09. The van der Waals surface area contributed by atoms with Crippen molar-refractivity contribution in [2.75, 3.05) is 12.4 Å². The van der Waals surface area contributed by atoms with E-state index >= 15 is 0 Å². The zero-order chi connectivity index (χ0) is 16.2. The molecule has 1 heterocycles. The summed E-state index contributed by atoms with van der Waals surface area (Å²) in [5.41, 5.74) is 2.88. The highest BCUT2D eigenvalue weighted by atomic mass is 32.1. The molecule has 5 nitrogen and oxygen atoms in total. The van der Waals surface area contributed by atoms with Crippen molar-refractivity contribution in [3.05, 3.63) is 53.0 Å². The van der Waals surface area contributed by atoms with Crippen molar-refractivity contribution in [1.29, 1.82) is 0 Å². The maximum absolute atomic E-state index is 11.1. The van der Waals surface area contributed by atoms with Gasteiger partial charge in [0.15, 0.2) is 0 Å². The van der Waals surface area contributed by atoms with E-state index in [-0.39, 0.29) is 0 Å². The molecular weight excluding hydrogens is 312 g/mol. The maximum atomic E-state index is 11.1. The molecule has 3 rings (SSSR count). The molecule has 0 radical (unpaired) electrons. The van der Waals surface area contributed by atoms with Gasteiger partial charge < -0.3 is 9.47 Å². The Hall–Kier alpha value is -2.60. The van der Waals surface area contributed by atoms with Gasteiger partial charge in [0.05, 0.1) is 17.3 Å². The van der Waals surface area contributed by atoms with Gasteiger partial charge in [-0.3, -0.25) is 5.32 Å². The molecule has 0 unspecified atom stereocenters. The Bertz CT molecular complexity index is 827. The van der Waals surface area contributed by atoms with E-state index in [9.17, 15) is 4.79 Å². The number of ether oxygens (including phenoxy) is 2. The number of rotatable bonds is 4. The quantitative estimate of drug-likeness (QED) is 0.773. The number of amides is 1. The molecule has 0 fully saturated rings. The van der Waals surface area contributed by atoms with Crippen LogP contribution in [0.15, 0.2) is 42.5 Å². The second-order valence-electron chi connectivity index (χ2n) is 4.96. The Labute approximate surface area is 137 Å². The Morgan fingerprint density at radius 3 is 2.70 bits per heavy atom. The van der Waals surface area contributed by atoms with Crippen LogP contribution in [0.2, 0.25) is 0 Å². The van der Waals surface area contributed by atoms with E-state index in [1.807, 2.05) is 12.1 Å². The highest BCUT2D eigenvalue weighted by Gasteiger charge is 2.07. The first-order valence-corrected chi connectivity index (χ1v) is 7.90. The Morgan fingerprint density at radius 1 is 1.22 bits per heavy atom. The van der Waals surface area contributed by atoms with E-state index in [4.69, 9.17) is 4.74 Å². The minimum absolute atomic E-state index is 0.419. The minimum atomic E-state index is -0.497. The van der Waals surface area contributed by atoms with Crippen LogP contribution in [0.4, 0.5) is 10.5 Å². The molecule has 0 saturated carbocycles. The Kier molecular flexibility index (Phi) is 4.43. The molecule has 3 aromatic rings. The fraction of sp³-hybridized carbons (Fsp3) is 0.176. The normalized spacial score (nSPS) is 10.5. The number of hydrogen-bond acceptors (Lipinski definition) is 5. The molecule has 23 heavy (non-hydrogen) atoms. The number of methoxy groups -OCH3 is 1. The van der Waals surface area contributed by atoms with Crippen molar-refractivity contribution < 1.29 is 14.3 Å². The number of anilines is 1. The summed E-state index contributed by atoms with van der Waals surface area (Å²) >= 11 is 1.65. The molecule has 0 spiro atoms. The topological polar surface area (TPSA) is 60.5 Å². The van der Waals surface area contributed by atoms with Crippen LogP contribution in [-0.4, -0.2) is 18.2 Å². The van der Waals surface area contributed by atoms with Gasteiger partial charge in [-0.1, -0.05) is 12.1 Å². The number of benzene rings is 2. The van der Waals surface area contributed by atoms with Crippen molar-refractivity contribution in [3.8, 4) is 5.75 Å². The monoisotopic (exact) mass is 328 g/mol. The minimum Gasteiger partial charge on any atom is -0.486 e. The summed E-state index contributed by atoms with van der Waals surface area (Å²) in [6.07, 6.45) is -0.497. The number of carbonyl (C=O) groups is 1. The summed E-state index contributed by atoms with van der Waals surface area (Å²) in [5, 5.41) is 3.53. The fourth-order valence-electron chi connectivity index (χ4n) is 2.14. The summed E-state index contributed by atoms with van der Waals surface area (Å²) in [7, 11) is 1.33. The molecule has 0 aliphatic carbocycles. The van der Waals surface area contributed by atoms with Crippen molar-refractivity contribution >= 4 is 33.3 Å². The molecule has 0 aliphatic rings. The molecule has 0 saturated heterocycles. The molecular formula is C17H16N2O3S. The average molecular weight is 328 g/mol. The van der Waals surface area contributed by atoms with Gasteiger partial charge in [-0.15, -0.1) is 11.3 Å². The summed E-state index contributed by atoms with van der Waals surface area (Å²) in [6, 6.07) is 13.2. The number of fused-ring (bicyclic) bond motifs is 1. The van der Waals surface area contributed by atoms with E-state index in [0.29, 0.717) is 12.3 Å². The van der Waals surface area contributed by atoms with Gasteiger partial charge in [0.1, 0.15) is 17.4 Å². The molecule has 1 aromatic heterocycles. The zero-order valence-corrected chi connectivity index (χ0v) is 13.6. The molecule has 1 amide bonds. The first-order chi connectivity index (χ1) is 11.2. The summed E-state index contributed by atoms with van der Waals surface area (Å²) in [5.74, 6) is 0.719. The predicted molar refractivity (Wildman–Crippen MR) is 91.2 cm³/mol. The van der Waals surface area contributed by atoms with Gasteiger partial charge in [0.25, 0.3) is 0 Å². The predicted octanol–water partition coefficient (Wildman–Crippen LogP) is 4.36. The average Bonchev–Trinajstić information content (AvgIpc) is 2.99. The summed E-state index contributed by atoms with van der Waals surface area (Å²) < 4.78 is 11.5. The smallest absolute Gasteiger partial charge is 0.411 e. The number of nitrogens with zero attached hydrogens (tertiary/aromatic N) is 1. The third-order valence-electron chi connectivity index (χ3n) is 3.30. The molecule has 0 aliphatic heterocycles. The van der Waals surface area contributed by atoms with Gasteiger partial charge in [-0.25, -0.2) is 9.78 Å². The van der Waals surface area contributed by atoms with Crippen LogP contribution in [0.3, 0.4) is 0 Å². The SMILES string of the molecule is COC(=O)Nc1ccc(OCc2nc3cccc(C)c3s2)cc1. The molecule has 0 atom stereocenters. The van der Waals surface area contributed by atoms with Crippen molar-refractivity contribution in [1.82, 2.24) is 4.98 Å². The Morgan fingerprint density at radius 2 is 2.00 bits per heavy atom. The molecule has 2 aromatic carbocycles. The van der Waals surface area contributed by atoms with E-state index in [0.717, 1.165) is 16.3 Å². The van der Waals surface area contributed by atoms with Crippen molar-refractivity contribution in [3.63, 3.8) is 0 Å². The number of thiazole rings is 1. The number of hydrogen-bond donors (Lipinski definition) is 1. The highest BCUT2D eigenvalue weighted by molar-refractivity contribution is 7.18. The number of nitrogens with one attached hydrogen (secondary N) is 1. The van der Waals surface area contributed by atoms with Crippen LogP contribution in [-0.2, 0) is 11.3 Å². The lowest BCUT2D eigenvalue weighted by atomic mass is 10.2. The summed E-state index contributed by atoms with van der Waals surface area (Å²) in [4.78, 5) is 15.7. The van der Waals surface area contributed by atoms with Gasteiger partial charge in [-0.2, -0.15) is 0 Å². The third kappa shape index (κ3) is 3.60. The van der Waals surface area contributed by atoms with E-state index in [1.54, 1.807) is 35.6 Å². The van der Waals surface area contributed by atoms with Crippen LogP contribution < -0.4 is 10.1 Å². The summed E-state index contributed by atoms with van der Waals surface area (Å²) in [6.45, 7) is 2.50. The van der Waals surface area contributed by atoms with Gasteiger partial charge in [0.2, 0.25) is 0 Å². The van der Waals surface area contributed by atoms with E-state index in [1.165, 1.54) is 17.4 Å². The molecule has 6 heteroatoms. The third-order valence-corrected chi connectivity index (χ3v) is 4.48. The van der Waals surface area contributed by atoms with Crippen LogP contribution in [0, 0.1) is 6.92 Å². The van der Waals surface area contributed by atoms with Gasteiger partial charge in [-0.05, 0) is 42.8 Å². The van der Waals surface area contributed by atoms with Crippen LogP contribution in [0.5, 0.6) is 5.75 Å². The first-order valence-electron chi connectivity index (χ1n) is 7.08. The van der Waals surface area contributed by atoms with Crippen molar-refractivity contribution in [2.45, 2.75) is 13.5 Å². The first kappa shape index (κ1) is 15.3. The Balaban J connectivity index is 1.65. The molecule has 1 N–H and O–H groups in total. The number of aryl methyl sites for hydroxylation is 1. The van der Waals surface area contributed by atoms with Crippen LogP contribution in [0.25, 0.3) is 10.2 Å². The standard InChI is InChI=1S/C17H16N2O3S/c1-11-4-3-5-14-16(11)23-15(19-14)10-22-13-8-6-12(7-9-13)18-17(20)21-2/h3-9H,10H2,1-2H3,(H,18,20). The molecule has 0 bridgehead atoms. The maximum Gasteiger partial charge on any atom is 0.411 e. The lowest BCUT2D eigenvalue weighted by Crippen LogP contribution is -2.10. The lowest BCUT2D eigenvalue weighted by Gasteiger charge is -2.06. The molecule has 118 valence electrons. The van der Waals surface area contributed by atoms with E-state index < -0.39 is 6.09 Å². The highest BCUT2D eigenvalue weighted by Crippen LogP contribution is 2.26. The second kappa shape index (κ2) is 6.66. The zero-order valence-electron chi connectivity index (χ0n) is 12.8. The van der Waals surface area contributed by atoms with Crippen molar-refractivity contribution in [2.24, 2.45) is 0 Å². The second-order valence-corrected chi connectivity index (χ2v) is 6.04. The van der Waals surface area contributed by atoms with Gasteiger partial charge in [0, 0.05) is 5.69 Å². The number of aromatic nitrogens is 1. The van der Waals surface area contributed by atoms with Gasteiger partial charge >= 0.3 is 6.09 Å². The number of carbonyl (C=O) groups excluding carboxylic acids is 1. The lowest BCUT2D eigenvalue weighted by molar-refractivity contribution is 0.187. The van der Waals surface area contributed by atoms with E-state index in [2.05, 4.69) is 28.0 Å². The van der Waals surface area contributed by atoms with Crippen LogP contribution in [0.1, 0.15) is 10.6 Å².